The minimum absolute atomic E-state index is 0. The zero-order valence-corrected chi connectivity index (χ0v) is 11.6. The Morgan fingerprint density at radius 1 is 1.59 bits per heavy atom. The molecule has 0 saturated heterocycles. The molecular formula is C11H18ClN3OS. The molecule has 6 heteroatoms. The first-order valence-electron chi connectivity index (χ1n) is 5.60. The number of nitrogens with two attached hydrogens (primary N) is 1. The van der Waals surface area contributed by atoms with Crippen LogP contribution in [0.4, 0.5) is 5.13 Å². The van der Waals surface area contributed by atoms with E-state index in [1.165, 1.54) is 24.2 Å². The van der Waals surface area contributed by atoms with Gasteiger partial charge in [-0.15, -0.1) is 23.7 Å². The van der Waals surface area contributed by atoms with Crippen LogP contribution in [0.25, 0.3) is 0 Å². The number of nitrogens with one attached hydrogen (secondary N) is 1. The minimum atomic E-state index is -0.187. The second-order valence-corrected chi connectivity index (χ2v) is 5.35. The number of aromatic nitrogens is 1. The third-order valence-corrected chi connectivity index (χ3v) is 3.73. The maximum Gasteiger partial charge on any atom is 0.230 e. The number of hydrogen-bond acceptors (Lipinski definition) is 4. The summed E-state index contributed by atoms with van der Waals surface area (Å²) in [4.78, 5) is 16.1. The molecule has 17 heavy (non-hydrogen) atoms. The molecule has 2 atom stereocenters. The molecule has 1 aromatic heterocycles. The molecular weight excluding hydrogens is 258 g/mol. The van der Waals surface area contributed by atoms with Crippen molar-refractivity contribution in [2.45, 2.75) is 38.6 Å². The van der Waals surface area contributed by atoms with E-state index >= 15 is 0 Å². The lowest BCUT2D eigenvalue weighted by atomic mass is 10.0. The molecule has 1 heterocycles. The predicted octanol–water partition coefficient (Wildman–Crippen LogP) is 2.36. The first kappa shape index (κ1) is 14.4. The van der Waals surface area contributed by atoms with Crippen LogP contribution in [0.5, 0.6) is 0 Å². The van der Waals surface area contributed by atoms with Gasteiger partial charge in [0, 0.05) is 17.3 Å². The van der Waals surface area contributed by atoms with E-state index in [1.807, 2.05) is 19.2 Å². The molecule has 0 aromatic carbocycles. The molecule has 1 aliphatic carbocycles. The van der Waals surface area contributed by atoms with Crippen molar-refractivity contribution in [2.24, 2.45) is 11.7 Å². The Morgan fingerprint density at radius 2 is 2.24 bits per heavy atom. The number of amides is 1. The highest BCUT2D eigenvalue weighted by molar-refractivity contribution is 7.13. The van der Waals surface area contributed by atoms with Crippen molar-refractivity contribution in [3.8, 4) is 0 Å². The van der Waals surface area contributed by atoms with Crippen LogP contribution < -0.4 is 11.1 Å². The zero-order valence-electron chi connectivity index (χ0n) is 9.97. The lowest BCUT2D eigenvalue weighted by molar-refractivity contribution is -0.119. The van der Waals surface area contributed by atoms with Crippen LogP contribution >= 0.6 is 23.7 Å². The predicted molar refractivity (Wildman–Crippen MR) is 72.8 cm³/mol. The molecule has 0 aliphatic heterocycles. The lowest BCUT2D eigenvalue weighted by Gasteiger charge is -2.13. The Morgan fingerprint density at radius 3 is 2.76 bits per heavy atom. The van der Waals surface area contributed by atoms with Crippen LogP contribution in [0.3, 0.4) is 0 Å². The second kappa shape index (κ2) is 5.80. The van der Waals surface area contributed by atoms with Gasteiger partial charge in [-0.2, -0.15) is 0 Å². The van der Waals surface area contributed by atoms with Crippen molar-refractivity contribution in [2.75, 3.05) is 5.32 Å². The molecule has 1 aliphatic rings. The highest BCUT2D eigenvalue weighted by Gasteiger charge is 2.26. The number of halogens is 1. The lowest BCUT2D eigenvalue weighted by Crippen LogP contribution is -2.34. The van der Waals surface area contributed by atoms with Crippen LogP contribution in [0, 0.1) is 5.92 Å². The highest BCUT2D eigenvalue weighted by atomic mass is 35.5. The third-order valence-electron chi connectivity index (χ3n) is 2.95. The zero-order chi connectivity index (χ0) is 11.7. The third kappa shape index (κ3) is 3.66. The summed E-state index contributed by atoms with van der Waals surface area (Å²) in [5, 5.41) is 5.54. The monoisotopic (exact) mass is 275 g/mol. The van der Waals surface area contributed by atoms with E-state index < -0.39 is 0 Å². The largest absolute Gasteiger partial charge is 0.327 e. The molecule has 1 fully saturated rings. The summed E-state index contributed by atoms with van der Waals surface area (Å²) in [5.41, 5.74) is 6.80. The van der Waals surface area contributed by atoms with E-state index in [0.29, 0.717) is 11.0 Å². The normalized spacial score (nSPS) is 18.1. The number of carbonyl (C=O) groups is 1. The number of anilines is 1. The van der Waals surface area contributed by atoms with Crippen molar-refractivity contribution >= 4 is 34.8 Å². The quantitative estimate of drug-likeness (QED) is 0.886. The number of thiazole rings is 1. The van der Waals surface area contributed by atoms with Crippen LogP contribution in [-0.2, 0) is 4.79 Å². The van der Waals surface area contributed by atoms with E-state index in [0.717, 1.165) is 5.69 Å². The molecule has 4 nitrogen and oxygen atoms in total. The number of rotatable bonds is 4. The van der Waals surface area contributed by atoms with Crippen molar-refractivity contribution in [3.05, 3.63) is 11.1 Å². The van der Waals surface area contributed by atoms with Gasteiger partial charge in [-0.1, -0.05) is 6.92 Å². The molecule has 1 saturated carbocycles. The van der Waals surface area contributed by atoms with Crippen LogP contribution in [0.1, 0.15) is 38.3 Å². The van der Waals surface area contributed by atoms with Gasteiger partial charge in [-0.3, -0.25) is 4.79 Å². The summed E-state index contributed by atoms with van der Waals surface area (Å²) in [5.74, 6) is 0.396. The van der Waals surface area contributed by atoms with Crippen LogP contribution in [0.2, 0.25) is 0 Å². The standard InChI is InChI=1S/C11H17N3OS.ClH/c1-6(7(2)12)10(15)14-11-13-9(5-16-11)8-3-4-8;/h5-8H,3-4,12H2,1-2H3,(H,13,14,15);1H. The Kier molecular flexibility index (Phi) is 4.91. The van der Waals surface area contributed by atoms with E-state index in [2.05, 4.69) is 10.3 Å². The number of nitrogens with zero attached hydrogens (tertiary/aromatic N) is 1. The molecule has 0 spiro atoms. The fraction of sp³-hybridized carbons (Fsp3) is 0.636. The van der Waals surface area contributed by atoms with Gasteiger partial charge in [0.1, 0.15) is 0 Å². The number of carbonyl (C=O) groups excluding carboxylic acids is 1. The van der Waals surface area contributed by atoms with Crippen molar-refractivity contribution in [3.63, 3.8) is 0 Å². The molecule has 2 rings (SSSR count). The molecule has 2 unspecified atom stereocenters. The molecule has 3 N–H and O–H groups in total. The summed E-state index contributed by atoms with van der Waals surface area (Å²) in [6, 6.07) is -0.136. The summed E-state index contributed by atoms with van der Waals surface area (Å²) in [6.45, 7) is 3.66. The van der Waals surface area contributed by atoms with Gasteiger partial charge in [0.25, 0.3) is 0 Å². The van der Waals surface area contributed by atoms with E-state index in [9.17, 15) is 4.79 Å². The van der Waals surface area contributed by atoms with Gasteiger partial charge in [0.15, 0.2) is 5.13 Å². The van der Waals surface area contributed by atoms with Crippen LogP contribution in [-0.4, -0.2) is 16.9 Å². The van der Waals surface area contributed by atoms with E-state index in [-0.39, 0.29) is 30.3 Å². The summed E-state index contributed by atoms with van der Waals surface area (Å²) < 4.78 is 0. The summed E-state index contributed by atoms with van der Waals surface area (Å²) >= 11 is 1.49. The first-order valence-corrected chi connectivity index (χ1v) is 6.47. The molecule has 1 aromatic rings. The van der Waals surface area contributed by atoms with Gasteiger partial charge in [0.05, 0.1) is 11.6 Å². The first-order chi connectivity index (χ1) is 7.58. The molecule has 0 radical (unpaired) electrons. The van der Waals surface area contributed by atoms with Gasteiger partial charge >= 0.3 is 0 Å². The van der Waals surface area contributed by atoms with Crippen LogP contribution in [0.15, 0.2) is 5.38 Å². The minimum Gasteiger partial charge on any atom is -0.327 e. The van der Waals surface area contributed by atoms with Gasteiger partial charge < -0.3 is 11.1 Å². The molecule has 1 amide bonds. The van der Waals surface area contributed by atoms with Crippen molar-refractivity contribution < 1.29 is 4.79 Å². The smallest absolute Gasteiger partial charge is 0.230 e. The second-order valence-electron chi connectivity index (χ2n) is 4.49. The fourth-order valence-corrected chi connectivity index (χ4v) is 2.16. The Balaban J connectivity index is 0.00000144. The SMILES string of the molecule is CC(N)C(C)C(=O)Nc1nc(C2CC2)cs1.Cl. The van der Waals surface area contributed by atoms with Gasteiger partial charge in [-0.05, 0) is 19.8 Å². The van der Waals surface area contributed by atoms with Gasteiger partial charge in [0.2, 0.25) is 5.91 Å². The average Bonchev–Trinajstić information content (AvgIpc) is 2.99. The summed E-state index contributed by atoms with van der Waals surface area (Å²) in [7, 11) is 0. The number of hydrogen-bond donors (Lipinski definition) is 2. The maximum absolute atomic E-state index is 11.7. The Labute approximate surface area is 111 Å². The fourth-order valence-electron chi connectivity index (χ4n) is 1.37. The van der Waals surface area contributed by atoms with Crippen molar-refractivity contribution in [1.82, 2.24) is 4.98 Å². The van der Waals surface area contributed by atoms with Crippen molar-refractivity contribution in [1.29, 1.82) is 0 Å². The van der Waals surface area contributed by atoms with Gasteiger partial charge in [-0.25, -0.2) is 4.98 Å². The molecule has 96 valence electrons. The maximum atomic E-state index is 11.7. The topological polar surface area (TPSA) is 68.0 Å². The Hall–Kier alpha value is -0.650. The Bertz CT molecular complexity index is 390. The molecule has 0 bridgehead atoms. The highest BCUT2D eigenvalue weighted by Crippen LogP contribution is 2.40. The van der Waals surface area contributed by atoms with E-state index in [1.54, 1.807) is 0 Å². The summed E-state index contributed by atoms with van der Waals surface area (Å²) in [6.07, 6.45) is 2.46. The average molecular weight is 276 g/mol. The van der Waals surface area contributed by atoms with E-state index in [4.69, 9.17) is 5.73 Å².